The van der Waals surface area contributed by atoms with Crippen LogP contribution in [0, 0.1) is 5.82 Å². The number of nitrogens with zero attached hydrogens (tertiary/aromatic N) is 1. The lowest BCUT2D eigenvalue weighted by Crippen LogP contribution is -1.85. The fourth-order valence-electron chi connectivity index (χ4n) is 1.96. The number of phenols is 1. The molecular weight excluding hydrogens is 229 g/mol. The molecule has 3 heteroatoms. The predicted octanol–water partition coefficient (Wildman–Crippen LogP) is 3.75. The number of phenolic OH excluding ortho intramolecular Hbond substituents is 1. The number of benzene rings is 2. The van der Waals surface area contributed by atoms with E-state index >= 15 is 0 Å². The minimum absolute atomic E-state index is 0.0495. The van der Waals surface area contributed by atoms with Gasteiger partial charge in [0.05, 0.1) is 5.52 Å². The van der Waals surface area contributed by atoms with Crippen LogP contribution >= 0.6 is 0 Å². The van der Waals surface area contributed by atoms with Crippen LogP contribution in [0.4, 0.5) is 4.39 Å². The van der Waals surface area contributed by atoms with Gasteiger partial charge in [-0.3, -0.25) is 4.98 Å². The fourth-order valence-corrected chi connectivity index (χ4v) is 1.96. The number of aromatic nitrogens is 1. The Balaban J connectivity index is 2.22. The number of pyridine rings is 1. The van der Waals surface area contributed by atoms with Gasteiger partial charge in [0.2, 0.25) is 0 Å². The van der Waals surface area contributed by atoms with Gasteiger partial charge in [-0.15, -0.1) is 0 Å². The summed E-state index contributed by atoms with van der Waals surface area (Å²) in [6.45, 7) is 0. The molecule has 0 fully saturated rings. The topological polar surface area (TPSA) is 33.1 Å². The number of hydrogen-bond donors (Lipinski definition) is 1. The van der Waals surface area contributed by atoms with Crippen LogP contribution < -0.4 is 0 Å². The summed E-state index contributed by atoms with van der Waals surface area (Å²) in [5, 5.41) is 10.7. The second kappa shape index (κ2) is 4.11. The normalized spacial score (nSPS) is 10.7. The van der Waals surface area contributed by atoms with Crippen molar-refractivity contribution < 1.29 is 9.50 Å². The Morgan fingerprint density at radius 1 is 1.00 bits per heavy atom. The Bertz CT molecular complexity index is 725. The highest BCUT2D eigenvalue weighted by Crippen LogP contribution is 2.30. The molecule has 0 radical (unpaired) electrons. The van der Waals surface area contributed by atoms with Gasteiger partial charge in [-0.1, -0.05) is 18.2 Å². The van der Waals surface area contributed by atoms with Crippen LogP contribution in [0.3, 0.4) is 0 Å². The van der Waals surface area contributed by atoms with E-state index in [-0.39, 0.29) is 11.6 Å². The summed E-state index contributed by atoms with van der Waals surface area (Å²) in [6.07, 6.45) is 1.64. The number of halogens is 1. The zero-order valence-corrected chi connectivity index (χ0v) is 9.47. The maximum atomic E-state index is 13.2. The van der Waals surface area contributed by atoms with E-state index in [1.165, 1.54) is 18.2 Å². The average Bonchev–Trinajstić information content (AvgIpc) is 2.41. The van der Waals surface area contributed by atoms with E-state index in [0.29, 0.717) is 11.1 Å². The summed E-state index contributed by atoms with van der Waals surface area (Å²) in [5.41, 5.74) is 2.02. The Hall–Kier alpha value is -2.42. The minimum atomic E-state index is -0.379. The first-order valence-electron chi connectivity index (χ1n) is 5.58. The number of aromatic hydroxyl groups is 1. The van der Waals surface area contributed by atoms with E-state index in [0.717, 1.165) is 10.9 Å². The van der Waals surface area contributed by atoms with Crippen molar-refractivity contribution in [3.63, 3.8) is 0 Å². The second-order valence-corrected chi connectivity index (χ2v) is 4.08. The van der Waals surface area contributed by atoms with Gasteiger partial charge in [-0.25, -0.2) is 4.39 Å². The number of fused-ring (bicyclic) bond motifs is 1. The lowest BCUT2D eigenvalue weighted by molar-refractivity contribution is 0.475. The molecule has 18 heavy (non-hydrogen) atoms. The molecule has 0 aliphatic heterocycles. The molecule has 88 valence electrons. The minimum Gasteiger partial charge on any atom is -0.507 e. The van der Waals surface area contributed by atoms with Crippen LogP contribution in [0.5, 0.6) is 5.75 Å². The molecule has 0 unspecified atom stereocenters. The third-order valence-electron chi connectivity index (χ3n) is 2.86. The van der Waals surface area contributed by atoms with E-state index in [2.05, 4.69) is 4.98 Å². The van der Waals surface area contributed by atoms with Gasteiger partial charge in [0.15, 0.2) is 0 Å². The zero-order chi connectivity index (χ0) is 12.5. The van der Waals surface area contributed by atoms with Gasteiger partial charge in [0.1, 0.15) is 11.6 Å². The third-order valence-corrected chi connectivity index (χ3v) is 2.86. The summed E-state index contributed by atoms with van der Waals surface area (Å²) in [6, 6.07) is 13.4. The van der Waals surface area contributed by atoms with Crippen molar-refractivity contribution in [2.24, 2.45) is 0 Å². The molecule has 1 heterocycles. The molecule has 0 saturated heterocycles. The van der Waals surface area contributed by atoms with Gasteiger partial charge >= 0.3 is 0 Å². The van der Waals surface area contributed by atoms with Gasteiger partial charge in [-0.2, -0.15) is 0 Å². The molecule has 3 aromatic rings. The van der Waals surface area contributed by atoms with Crippen molar-refractivity contribution in [3.8, 4) is 16.9 Å². The number of hydrogen-bond acceptors (Lipinski definition) is 2. The van der Waals surface area contributed by atoms with Gasteiger partial charge < -0.3 is 5.11 Å². The quantitative estimate of drug-likeness (QED) is 0.701. The Kier molecular flexibility index (Phi) is 2.45. The van der Waals surface area contributed by atoms with Gasteiger partial charge in [-0.05, 0) is 30.3 Å². The zero-order valence-electron chi connectivity index (χ0n) is 9.47. The van der Waals surface area contributed by atoms with Crippen LogP contribution in [0.1, 0.15) is 0 Å². The first kappa shape index (κ1) is 10.7. The molecule has 0 saturated carbocycles. The fraction of sp³-hybridized carbons (Fsp3) is 0. The molecule has 1 aromatic heterocycles. The molecule has 3 rings (SSSR count). The molecule has 2 nitrogen and oxygen atoms in total. The first-order valence-corrected chi connectivity index (χ1v) is 5.58. The second-order valence-electron chi connectivity index (χ2n) is 4.08. The highest BCUT2D eigenvalue weighted by molar-refractivity contribution is 5.84. The van der Waals surface area contributed by atoms with Crippen LogP contribution in [0.2, 0.25) is 0 Å². The SMILES string of the molecule is Oc1ccc(F)cc1-c1cnc2ccccc2c1. The average molecular weight is 239 g/mol. The standard InChI is InChI=1S/C15H10FNO/c16-12-5-6-15(18)13(8-12)11-7-10-3-1-2-4-14(10)17-9-11/h1-9,18H. The molecule has 0 amide bonds. The van der Waals surface area contributed by atoms with Crippen molar-refractivity contribution in [1.29, 1.82) is 0 Å². The lowest BCUT2D eigenvalue weighted by atomic mass is 10.0. The Morgan fingerprint density at radius 3 is 2.72 bits per heavy atom. The van der Waals surface area contributed by atoms with Crippen molar-refractivity contribution in [3.05, 3.63) is 60.5 Å². The van der Waals surface area contributed by atoms with E-state index in [9.17, 15) is 9.50 Å². The van der Waals surface area contributed by atoms with Crippen molar-refractivity contribution in [1.82, 2.24) is 4.98 Å². The Labute approximate surface area is 103 Å². The van der Waals surface area contributed by atoms with Crippen molar-refractivity contribution in [2.45, 2.75) is 0 Å². The summed E-state index contributed by atoms with van der Waals surface area (Å²) in [7, 11) is 0. The summed E-state index contributed by atoms with van der Waals surface area (Å²) >= 11 is 0. The van der Waals surface area contributed by atoms with Crippen molar-refractivity contribution >= 4 is 10.9 Å². The highest BCUT2D eigenvalue weighted by Gasteiger charge is 2.07. The van der Waals surface area contributed by atoms with Gasteiger partial charge in [0.25, 0.3) is 0 Å². The molecular formula is C15H10FNO. The van der Waals surface area contributed by atoms with Crippen LogP contribution in [0.25, 0.3) is 22.0 Å². The number of rotatable bonds is 1. The monoisotopic (exact) mass is 239 g/mol. The third kappa shape index (κ3) is 1.80. The molecule has 1 N–H and O–H groups in total. The van der Waals surface area contributed by atoms with Crippen molar-refractivity contribution in [2.75, 3.05) is 0 Å². The maximum absolute atomic E-state index is 13.2. The van der Waals surface area contributed by atoms with Gasteiger partial charge in [0, 0.05) is 22.7 Å². The first-order chi connectivity index (χ1) is 8.74. The molecule has 0 aliphatic rings. The van der Waals surface area contributed by atoms with E-state index < -0.39 is 0 Å². The van der Waals surface area contributed by atoms with Crippen LogP contribution in [-0.2, 0) is 0 Å². The van der Waals surface area contributed by atoms with E-state index in [1.807, 2.05) is 30.3 Å². The van der Waals surface area contributed by atoms with Crippen LogP contribution in [-0.4, -0.2) is 10.1 Å². The van der Waals surface area contributed by atoms with Crippen LogP contribution in [0.15, 0.2) is 54.7 Å². The molecule has 0 aliphatic carbocycles. The molecule has 2 aromatic carbocycles. The summed E-state index contributed by atoms with van der Waals surface area (Å²) in [5.74, 6) is -0.329. The molecule has 0 bridgehead atoms. The number of para-hydroxylation sites is 1. The maximum Gasteiger partial charge on any atom is 0.124 e. The predicted molar refractivity (Wildman–Crippen MR) is 68.8 cm³/mol. The lowest BCUT2D eigenvalue weighted by Gasteiger charge is -2.06. The summed E-state index contributed by atoms with van der Waals surface area (Å²) < 4.78 is 13.2. The summed E-state index contributed by atoms with van der Waals surface area (Å²) in [4.78, 5) is 4.29. The van der Waals surface area contributed by atoms with E-state index in [4.69, 9.17) is 0 Å². The molecule has 0 spiro atoms. The molecule has 0 atom stereocenters. The smallest absolute Gasteiger partial charge is 0.124 e. The highest BCUT2D eigenvalue weighted by atomic mass is 19.1. The largest absolute Gasteiger partial charge is 0.507 e. The Morgan fingerprint density at radius 2 is 1.83 bits per heavy atom. The van der Waals surface area contributed by atoms with E-state index in [1.54, 1.807) is 6.20 Å².